The van der Waals surface area contributed by atoms with E-state index in [9.17, 15) is 24.5 Å². The topological polar surface area (TPSA) is 119 Å². The minimum Gasteiger partial charge on any atom is -0.465 e. The molecule has 5 rings (SSSR count). The molecule has 10 nitrogen and oxygen atoms in total. The van der Waals surface area contributed by atoms with E-state index in [1.54, 1.807) is 44.2 Å². The molecule has 0 aliphatic carbocycles. The molecule has 2 amide bonds. The van der Waals surface area contributed by atoms with Crippen molar-refractivity contribution >= 4 is 45.5 Å². The quantitative estimate of drug-likeness (QED) is 0.219. The van der Waals surface area contributed by atoms with Gasteiger partial charge in [0.2, 0.25) is 5.91 Å². The van der Waals surface area contributed by atoms with E-state index in [2.05, 4.69) is 0 Å². The predicted octanol–water partition coefficient (Wildman–Crippen LogP) is 4.11. The number of fused-ring (bicyclic) bond motifs is 1. The van der Waals surface area contributed by atoms with Crippen LogP contribution in [0.25, 0.3) is 0 Å². The number of benzene rings is 2. The number of hydrogen-bond donors (Lipinski definition) is 0. The van der Waals surface area contributed by atoms with Gasteiger partial charge in [-0.2, -0.15) is 0 Å². The third-order valence-electron chi connectivity index (χ3n) is 6.51. The maximum Gasteiger partial charge on any atom is 0.341 e. The number of carbonyl (C=O) groups excluding carboxylic acids is 3. The number of hydroxylamine groups is 1. The average molecular weight is 508 g/mol. The number of nitro benzene ring substituents is 1. The number of rotatable bonds is 5. The van der Waals surface area contributed by atoms with Crippen molar-refractivity contribution in [1.29, 1.82) is 0 Å². The number of amides is 2. The number of nitro groups is 1. The molecular formula is C25H21N3O7S. The molecule has 2 aromatic carbocycles. The molecule has 0 unspecified atom stereocenters. The number of anilines is 2. The van der Waals surface area contributed by atoms with Crippen molar-refractivity contribution in [2.75, 3.05) is 17.1 Å². The Morgan fingerprint density at radius 2 is 1.81 bits per heavy atom. The van der Waals surface area contributed by atoms with Crippen LogP contribution in [0.15, 0.2) is 54.6 Å². The zero-order valence-electron chi connectivity index (χ0n) is 19.5. The largest absolute Gasteiger partial charge is 0.465 e. The highest BCUT2D eigenvalue weighted by atomic mass is 32.1. The number of para-hydroxylation sites is 1. The molecule has 0 saturated carbocycles. The molecule has 0 N–H and O–H groups in total. The predicted molar refractivity (Wildman–Crippen MR) is 131 cm³/mol. The second kappa shape index (κ2) is 8.85. The van der Waals surface area contributed by atoms with Crippen LogP contribution in [0.2, 0.25) is 0 Å². The van der Waals surface area contributed by atoms with Gasteiger partial charge < -0.3 is 4.74 Å². The number of thiophene rings is 1. The van der Waals surface area contributed by atoms with E-state index < -0.39 is 40.8 Å². The fourth-order valence-corrected chi connectivity index (χ4v) is 5.84. The Morgan fingerprint density at radius 3 is 2.47 bits per heavy atom. The Bertz CT molecular complexity index is 1400. The lowest BCUT2D eigenvalue weighted by Crippen LogP contribution is -2.37. The highest BCUT2D eigenvalue weighted by Crippen LogP contribution is 2.49. The van der Waals surface area contributed by atoms with Crippen molar-refractivity contribution in [2.45, 2.75) is 26.0 Å². The number of non-ortho nitro benzene ring substituents is 1. The summed E-state index contributed by atoms with van der Waals surface area (Å²) in [5, 5.41) is 13.1. The van der Waals surface area contributed by atoms with Gasteiger partial charge in [0.1, 0.15) is 10.9 Å². The number of aryl methyl sites for hydroxylation is 1. The Balaban J connectivity index is 1.63. The third kappa shape index (κ3) is 3.55. The van der Waals surface area contributed by atoms with Gasteiger partial charge >= 0.3 is 5.97 Å². The van der Waals surface area contributed by atoms with Crippen LogP contribution in [0.4, 0.5) is 16.4 Å². The first-order valence-electron chi connectivity index (χ1n) is 11.1. The molecule has 0 bridgehead atoms. The number of methoxy groups -OCH3 is 1. The molecule has 2 saturated heterocycles. The van der Waals surface area contributed by atoms with Gasteiger partial charge in [-0.15, -0.1) is 11.3 Å². The second-order valence-electron chi connectivity index (χ2n) is 8.48. The summed E-state index contributed by atoms with van der Waals surface area (Å²) in [5.74, 6) is -2.80. The van der Waals surface area contributed by atoms with Crippen LogP contribution in [0.3, 0.4) is 0 Å². The fourth-order valence-electron chi connectivity index (χ4n) is 4.68. The molecule has 3 heterocycles. The van der Waals surface area contributed by atoms with E-state index >= 15 is 0 Å². The maximum atomic E-state index is 13.9. The molecule has 2 fully saturated rings. The van der Waals surface area contributed by atoms with E-state index in [1.807, 2.05) is 6.07 Å². The molecule has 3 aromatic rings. The van der Waals surface area contributed by atoms with Crippen LogP contribution in [-0.2, 0) is 19.2 Å². The Hall–Kier alpha value is -4.09. The van der Waals surface area contributed by atoms with Crippen LogP contribution in [0.5, 0.6) is 0 Å². The van der Waals surface area contributed by atoms with Gasteiger partial charge in [-0.1, -0.05) is 30.3 Å². The maximum absolute atomic E-state index is 13.9. The van der Waals surface area contributed by atoms with Crippen molar-refractivity contribution in [3.8, 4) is 0 Å². The molecule has 1 aromatic heterocycles. The van der Waals surface area contributed by atoms with Gasteiger partial charge in [0.15, 0.2) is 6.10 Å². The van der Waals surface area contributed by atoms with Crippen LogP contribution in [-0.4, -0.2) is 35.9 Å². The van der Waals surface area contributed by atoms with E-state index in [4.69, 9.17) is 9.57 Å². The Kier molecular flexibility index (Phi) is 5.81. The first-order valence-corrected chi connectivity index (χ1v) is 11.9. The first kappa shape index (κ1) is 23.6. The van der Waals surface area contributed by atoms with E-state index in [1.165, 1.54) is 30.4 Å². The SMILES string of the molecule is COC(=O)c1c(N2C(=O)[C@@H]3[C@H](ON(c4ccccc4)[C@H]3c3cccc([N+](=O)[O-])c3)C2=O)sc(C)c1C. The number of esters is 1. The van der Waals surface area contributed by atoms with Crippen molar-refractivity contribution < 1.29 is 28.9 Å². The fraction of sp³-hybridized carbons (Fsp3) is 0.240. The Labute approximate surface area is 209 Å². The normalized spacial score (nSPS) is 21.1. The van der Waals surface area contributed by atoms with Gasteiger partial charge in [-0.3, -0.25) is 24.5 Å². The summed E-state index contributed by atoms with van der Waals surface area (Å²) in [6, 6.07) is 14.0. The standard InChI is InChI=1S/C25H21N3O7S/c1-13-14(2)36-24(18(13)25(31)34-3)26-22(29)19-20(15-8-7-11-17(12-15)28(32)33)27(35-21(19)23(26)30)16-9-5-4-6-10-16/h4-12,19-21H,1-3H3/t19-,20-,21-/m0/s1. The number of imide groups is 1. The lowest BCUT2D eigenvalue weighted by molar-refractivity contribution is -0.384. The molecule has 184 valence electrons. The highest BCUT2D eigenvalue weighted by molar-refractivity contribution is 7.17. The summed E-state index contributed by atoms with van der Waals surface area (Å²) < 4.78 is 4.91. The van der Waals surface area contributed by atoms with Crippen LogP contribution in [0, 0.1) is 29.9 Å². The lowest BCUT2D eigenvalue weighted by Gasteiger charge is -2.28. The zero-order valence-corrected chi connectivity index (χ0v) is 20.4. The summed E-state index contributed by atoms with van der Waals surface area (Å²) in [6.07, 6.45) is -1.17. The number of ether oxygens (including phenoxy) is 1. The first-order chi connectivity index (χ1) is 17.2. The lowest BCUT2D eigenvalue weighted by atomic mass is 9.90. The average Bonchev–Trinajstić information content (AvgIpc) is 3.49. The molecule has 3 atom stereocenters. The summed E-state index contributed by atoms with van der Waals surface area (Å²) in [7, 11) is 1.24. The van der Waals surface area contributed by atoms with Gasteiger partial charge in [-0.25, -0.2) is 14.8 Å². The minimum atomic E-state index is -1.17. The van der Waals surface area contributed by atoms with E-state index in [0.717, 1.165) is 21.1 Å². The molecule has 2 aliphatic heterocycles. The van der Waals surface area contributed by atoms with Gasteiger partial charge in [-0.05, 0) is 37.1 Å². The highest BCUT2D eigenvalue weighted by Gasteiger charge is 2.61. The van der Waals surface area contributed by atoms with E-state index in [0.29, 0.717) is 16.8 Å². The van der Waals surface area contributed by atoms with Crippen LogP contribution < -0.4 is 9.96 Å². The van der Waals surface area contributed by atoms with Gasteiger partial charge in [0.05, 0.1) is 29.3 Å². The van der Waals surface area contributed by atoms with Gasteiger partial charge in [0, 0.05) is 17.0 Å². The van der Waals surface area contributed by atoms with Crippen LogP contribution in [0.1, 0.15) is 32.4 Å². The summed E-state index contributed by atoms with van der Waals surface area (Å²) in [4.78, 5) is 58.8. The van der Waals surface area contributed by atoms with E-state index in [-0.39, 0.29) is 16.3 Å². The molecule has 11 heteroatoms. The van der Waals surface area contributed by atoms with Crippen molar-refractivity contribution in [3.05, 3.63) is 86.3 Å². The van der Waals surface area contributed by atoms with Gasteiger partial charge in [0.25, 0.3) is 11.6 Å². The Morgan fingerprint density at radius 1 is 1.08 bits per heavy atom. The zero-order chi connectivity index (χ0) is 25.7. The van der Waals surface area contributed by atoms with Crippen LogP contribution >= 0.6 is 11.3 Å². The molecule has 2 aliphatic rings. The monoisotopic (exact) mass is 507 g/mol. The third-order valence-corrected chi connectivity index (χ3v) is 7.70. The molecule has 36 heavy (non-hydrogen) atoms. The second-order valence-corrected chi connectivity index (χ2v) is 9.68. The molecule has 0 spiro atoms. The van der Waals surface area contributed by atoms with Crippen molar-refractivity contribution in [3.63, 3.8) is 0 Å². The minimum absolute atomic E-state index is 0.143. The smallest absolute Gasteiger partial charge is 0.341 e. The number of carbonyl (C=O) groups is 3. The number of nitrogens with zero attached hydrogens (tertiary/aromatic N) is 3. The summed E-state index contributed by atoms with van der Waals surface area (Å²) in [6.45, 7) is 3.52. The van der Waals surface area contributed by atoms with Crippen molar-refractivity contribution in [2.24, 2.45) is 5.92 Å². The summed E-state index contributed by atoms with van der Waals surface area (Å²) >= 11 is 1.15. The molecule has 0 radical (unpaired) electrons. The number of hydrogen-bond acceptors (Lipinski definition) is 9. The van der Waals surface area contributed by atoms with Crippen molar-refractivity contribution in [1.82, 2.24) is 0 Å². The summed E-state index contributed by atoms with van der Waals surface area (Å²) in [5.41, 5.74) is 1.69. The molecular weight excluding hydrogens is 486 g/mol.